The van der Waals surface area contributed by atoms with Crippen LogP contribution < -0.4 is 5.73 Å². The van der Waals surface area contributed by atoms with E-state index in [1.807, 2.05) is 0 Å². The summed E-state index contributed by atoms with van der Waals surface area (Å²) in [7, 11) is 0. The number of nitrogens with two attached hydrogens (primary N) is 1. The summed E-state index contributed by atoms with van der Waals surface area (Å²) in [4.78, 5) is 0. The van der Waals surface area contributed by atoms with Crippen LogP contribution in [0, 0.1) is 22.7 Å². The van der Waals surface area contributed by atoms with Crippen molar-refractivity contribution in [1.82, 2.24) is 0 Å². The van der Waals surface area contributed by atoms with E-state index in [9.17, 15) is 0 Å². The summed E-state index contributed by atoms with van der Waals surface area (Å²) in [5.74, 6) is 2.13. The molecule has 0 aromatic heterocycles. The Balaban J connectivity index is 2.21. The van der Waals surface area contributed by atoms with Gasteiger partial charge in [0.05, 0.1) is 5.84 Å². The van der Waals surface area contributed by atoms with Gasteiger partial charge in [-0.2, -0.15) is 0 Å². The molecule has 0 radical (unpaired) electrons. The molecule has 0 amide bonds. The van der Waals surface area contributed by atoms with Crippen molar-refractivity contribution in [3.63, 3.8) is 0 Å². The van der Waals surface area contributed by atoms with Crippen LogP contribution >= 0.6 is 0 Å². The average molecular weight is 224 g/mol. The van der Waals surface area contributed by atoms with Crippen LogP contribution in [0.15, 0.2) is 0 Å². The minimum atomic E-state index is 0.358. The molecule has 0 bridgehead atoms. The van der Waals surface area contributed by atoms with Crippen LogP contribution in [0.25, 0.3) is 0 Å². The van der Waals surface area contributed by atoms with Gasteiger partial charge in [0.15, 0.2) is 0 Å². The van der Waals surface area contributed by atoms with Gasteiger partial charge in [0.2, 0.25) is 0 Å². The predicted octanol–water partition coefficient (Wildman–Crippen LogP) is 3.95. The molecule has 1 aliphatic carbocycles. The highest BCUT2D eigenvalue weighted by atomic mass is 14.7. The first-order valence-corrected chi connectivity index (χ1v) is 6.70. The molecule has 0 atom stereocenters. The van der Waals surface area contributed by atoms with Crippen molar-refractivity contribution in [3.05, 3.63) is 0 Å². The molecule has 0 heterocycles. The molecule has 94 valence electrons. The molecule has 0 unspecified atom stereocenters. The minimum Gasteiger partial charge on any atom is -0.388 e. The molecule has 16 heavy (non-hydrogen) atoms. The molecule has 1 rings (SSSR count). The highest BCUT2D eigenvalue weighted by Gasteiger charge is 2.24. The van der Waals surface area contributed by atoms with Crippen LogP contribution in [-0.2, 0) is 0 Å². The third-order valence-corrected chi connectivity index (χ3v) is 3.69. The molecule has 0 aromatic rings. The van der Waals surface area contributed by atoms with Crippen molar-refractivity contribution in [1.29, 1.82) is 5.41 Å². The van der Waals surface area contributed by atoms with Crippen LogP contribution in [0.3, 0.4) is 0 Å². The zero-order valence-corrected chi connectivity index (χ0v) is 11.2. The second kappa shape index (κ2) is 5.70. The summed E-state index contributed by atoms with van der Waals surface area (Å²) in [6, 6.07) is 0. The highest BCUT2D eigenvalue weighted by Crippen LogP contribution is 2.37. The van der Waals surface area contributed by atoms with E-state index in [0.29, 0.717) is 11.3 Å². The van der Waals surface area contributed by atoms with E-state index in [2.05, 4.69) is 20.8 Å². The second-order valence-corrected chi connectivity index (χ2v) is 6.72. The average Bonchev–Trinajstić information content (AvgIpc) is 2.14. The van der Waals surface area contributed by atoms with E-state index in [4.69, 9.17) is 11.1 Å². The van der Waals surface area contributed by atoms with E-state index < -0.39 is 0 Å². The first kappa shape index (κ1) is 13.5. The lowest BCUT2D eigenvalue weighted by Crippen LogP contribution is -2.21. The van der Waals surface area contributed by atoms with Gasteiger partial charge < -0.3 is 5.73 Å². The lowest BCUT2D eigenvalue weighted by atomic mass is 9.74. The second-order valence-electron chi connectivity index (χ2n) is 6.72. The molecule has 2 nitrogen and oxygen atoms in total. The first-order chi connectivity index (χ1) is 7.37. The summed E-state index contributed by atoms with van der Waals surface area (Å²) >= 11 is 0. The van der Waals surface area contributed by atoms with E-state index in [-0.39, 0.29) is 0 Å². The maximum atomic E-state index is 7.25. The molecule has 2 heteroatoms. The third-order valence-electron chi connectivity index (χ3n) is 3.69. The normalized spacial score (nSPS) is 26.7. The van der Waals surface area contributed by atoms with Crippen molar-refractivity contribution in [2.75, 3.05) is 0 Å². The molecule has 0 spiro atoms. The Morgan fingerprint density at radius 2 is 1.62 bits per heavy atom. The fraction of sp³-hybridized carbons (Fsp3) is 0.929. The molecular formula is C14H28N2. The summed E-state index contributed by atoms with van der Waals surface area (Å²) in [5.41, 5.74) is 5.89. The van der Waals surface area contributed by atoms with Gasteiger partial charge in [0.25, 0.3) is 0 Å². The Kier molecular flexibility index (Phi) is 4.82. The molecule has 3 N–H and O–H groups in total. The quantitative estimate of drug-likeness (QED) is 0.551. The van der Waals surface area contributed by atoms with Crippen LogP contribution in [0.1, 0.15) is 65.7 Å². The van der Waals surface area contributed by atoms with E-state index in [1.54, 1.807) is 0 Å². The van der Waals surface area contributed by atoms with Crippen molar-refractivity contribution in [2.24, 2.45) is 23.0 Å². The number of nitrogens with one attached hydrogen (secondary N) is 1. The van der Waals surface area contributed by atoms with Crippen molar-refractivity contribution >= 4 is 5.84 Å². The van der Waals surface area contributed by atoms with Gasteiger partial charge in [0.1, 0.15) is 0 Å². The monoisotopic (exact) mass is 224 g/mol. The van der Waals surface area contributed by atoms with Gasteiger partial charge in [0, 0.05) is 6.42 Å². The lowest BCUT2D eigenvalue weighted by Gasteiger charge is -2.32. The Morgan fingerprint density at radius 3 is 2.06 bits per heavy atom. The highest BCUT2D eigenvalue weighted by molar-refractivity contribution is 5.76. The maximum absolute atomic E-state index is 7.25. The van der Waals surface area contributed by atoms with Crippen molar-refractivity contribution in [2.45, 2.75) is 65.7 Å². The summed E-state index contributed by atoms with van der Waals surface area (Å²) < 4.78 is 0. The predicted molar refractivity (Wildman–Crippen MR) is 70.7 cm³/mol. The number of rotatable bonds is 4. The number of hydrogen-bond donors (Lipinski definition) is 2. The Bertz CT molecular complexity index is 219. The number of amidine groups is 1. The van der Waals surface area contributed by atoms with E-state index in [0.717, 1.165) is 24.7 Å². The number of hydrogen-bond acceptors (Lipinski definition) is 1. The fourth-order valence-electron chi connectivity index (χ4n) is 2.95. The molecule has 0 aliphatic heterocycles. The summed E-state index contributed by atoms with van der Waals surface area (Å²) in [6.45, 7) is 7.03. The smallest absolute Gasteiger partial charge is 0.0905 e. The van der Waals surface area contributed by atoms with E-state index in [1.165, 1.54) is 32.1 Å². The van der Waals surface area contributed by atoms with Crippen LogP contribution in [0.4, 0.5) is 0 Å². The molecular weight excluding hydrogens is 196 g/mol. The summed E-state index contributed by atoms with van der Waals surface area (Å²) in [6.07, 6.45) is 8.79. The van der Waals surface area contributed by atoms with Gasteiger partial charge in [-0.25, -0.2) is 0 Å². The standard InChI is InChI=1S/C14H28N2/c1-14(2,3)10-12-6-4-11(5-7-12)8-9-13(15)16/h11-12H,4-10H2,1-3H3,(H3,15,16). The SMILES string of the molecule is CC(C)(C)CC1CCC(CCC(=N)N)CC1. The zero-order chi connectivity index (χ0) is 12.2. The van der Waals surface area contributed by atoms with Gasteiger partial charge in [-0.1, -0.05) is 46.5 Å². The third kappa shape index (κ3) is 5.53. The van der Waals surface area contributed by atoms with Gasteiger partial charge in [-0.15, -0.1) is 0 Å². The Hall–Kier alpha value is -0.530. The lowest BCUT2D eigenvalue weighted by molar-refractivity contribution is 0.201. The first-order valence-electron chi connectivity index (χ1n) is 6.70. The van der Waals surface area contributed by atoms with Crippen molar-refractivity contribution in [3.8, 4) is 0 Å². The van der Waals surface area contributed by atoms with Crippen molar-refractivity contribution < 1.29 is 0 Å². The molecule has 0 saturated heterocycles. The van der Waals surface area contributed by atoms with Gasteiger partial charge >= 0.3 is 0 Å². The topological polar surface area (TPSA) is 49.9 Å². The zero-order valence-electron chi connectivity index (χ0n) is 11.2. The molecule has 1 saturated carbocycles. The molecule has 0 aromatic carbocycles. The molecule has 1 fully saturated rings. The van der Waals surface area contributed by atoms with Gasteiger partial charge in [-0.3, -0.25) is 5.41 Å². The minimum absolute atomic E-state index is 0.358. The maximum Gasteiger partial charge on any atom is 0.0905 e. The van der Waals surface area contributed by atoms with Crippen LogP contribution in [0.5, 0.6) is 0 Å². The van der Waals surface area contributed by atoms with E-state index >= 15 is 0 Å². The fourth-order valence-corrected chi connectivity index (χ4v) is 2.95. The molecule has 1 aliphatic rings. The summed E-state index contributed by atoms with van der Waals surface area (Å²) in [5, 5.41) is 7.25. The Labute approximate surface area is 101 Å². The Morgan fingerprint density at radius 1 is 1.12 bits per heavy atom. The van der Waals surface area contributed by atoms with Gasteiger partial charge in [-0.05, 0) is 30.1 Å². The van der Waals surface area contributed by atoms with Crippen LogP contribution in [-0.4, -0.2) is 5.84 Å². The largest absolute Gasteiger partial charge is 0.388 e. The van der Waals surface area contributed by atoms with Crippen LogP contribution in [0.2, 0.25) is 0 Å².